The van der Waals surface area contributed by atoms with Crippen LogP contribution < -0.4 is 10.6 Å². The summed E-state index contributed by atoms with van der Waals surface area (Å²) in [5, 5.41) is 6.82. The Hall–Kier alpha value is -2.73. The summed E-state index contributed by atoms with van der Waals surface area (Å²) >= 11 is 1.31. The first kappa shape index (κ1) is 18.1. The van der Waals surface area contributed by atoms with E-state index in [-0.39, 0.29) is 5.91 Å². The van der Waals surface area contributed by atoms with Crippen LogP contribution in [0.25, 0.3) is 0 Å². The molecule has 0 saturated carbocycles. The zero-order valence-corrected chi connectivity index (χ0v) is 16.2. The van der Waals surface area contributed by atoms with Crippen molar-refractivity contribution < 1.29 is 4.79 Å². The monoisotopic (exact) mass is 366 g/mol. The Balaban J connectivity index is 1.74. The summed E-state index contributed by atoms with van der Waals surface area (Å²) < 4.78 is 0. The van der Waals surface area contributed by atoms with E-state index in [2.05, 4.69) is 39.7 Å². The number of nitrogens with zero attached hydrogens (tertiary/aromatic N) is 2. The molecule has 6 heteroatoms. The summed E-state index contributed by atoms with van der Waals surface area (Å²) in [5.74, 6) is 0.580. The second-order valence-corrected chi connectivity index (χ2v) is 7.28. The normalized spacial score (nSPS) is 10.6. The van der Waals surface area contributed by atoms with Crippen LogP contribution in [0.4, 0.5) is 16.6 Å². The average Bonchev–Trinajstić information content (AvgIpc) is 3.06. The second-order valence-electron chi connectivity index (χ2n) is 6.25. The van der Waals surface area contributed by atoms with Crippen LogP contribution in [0.1, 0.15) is 39.0 Å². The van der Waals surface area contributed by atoms with E-state index in [9.17, 15) is 4.79 Å². The van der Waals surface area contributed by atoms with Crippen molar-refractivity contribution in [1.82, 2.24) is 9.97 Å². The van der Waals surface area contributed by atoms with E-state index in [0.29, 0.717) is 10.0 Å². The number of benzene rings is 1. The van der Waals surface area contributed by atoms with Crippen LogP contribution in [0, 0.1) is 20.8 Å². The first-order chi connectivity index (χ1) is 12.5. The molecule has 0 fully saturated rings. The number of anilines is 3. The molecule has 2 aromatic heterocycles. The van der Waals surface area contributed by atoms with Gasteiger partial charge in [0.05, 0.1) is 6.20 Å². The van der Waals surface area contributed by atoms with Crippen molar-refractivity contribution in [3.8, 4) is 0 Å². The quantitative estimate of drug-likeness (QED) is 0.665. The first-order valence-electron chi connectivity index (χ1n) is 8.54. The van der Waals surface area contributed by atoms with Crippen molar-refractivity contribution in [1.29, 1.82) is 0 Å². The van der Waals surface area contributed by atoms with E-state index in [1.165, 1.54) is 16.9 Å². The molecule has 0 atom stereocenters. The van der Waals surface area contributed by atoms with Crippen LogP contribution in [-0.4, -0.2) is 15.9 Å². The topological polar surface area (TPSA) is 66.9 Å². The Morgan fingerprint density at radius 1 is 1.15 bits per heavy atom. The number of pyridine rings is 1. The van der Waals surface area contributed by atoms with Gasteiger partial charge in [-0.05, 0) is 50.5 Å². The molecule has 0 spiro atoms. The molecule has 0 unspecified atom stereocenters. The highest BCUT2D eigenvalue weighted by Crippen LogP contribution is 2.26. The number of hydrogen-bond acceptors (Lipinski definition) is 5. The molecule has 0 saturated heterocycles. The zero-order valence-electron chi connectivity index (χ0n) is 15.4. The maximum Gasteiger partial charge on any atom is 0.267 e. The lowest BCUT2D eigenvalue weighted by Gasteiger charge is -2.12. The summed E-state index contributed by atoms with van der Waals surface area (Å²) in [6.07, 6.45) is 2.46. The summed E-state index contributed by atoms with van der Waals surface area (Å²) in [4.78, 5) is 21.9. The number of aromatic nitrogens is 2. The van der Waals surface area contributed by atoms with Gasteiger partial charge in [-0.3, -0.25) is 4.79 Å². The fraction of sp³-hybridized carbons (Fsp3) is 0.250. The van der Waals surface area contributed by atoms with Gasteiger partial charge < -0.3 is 10.6 Å². The summed E-state index contributed by atoms with van der Waals surface area (Å²) in [7, 11) is 0. The number of amides is 1. The number of thiazole rings is 1. The van der Waals surface area contributed by atoms with E-state index in [4.69, 9.17) is 0 Å². The third kappa shape index (κ3) is 4.08. The molecule has 0 radical (unpaired) electrons. The highest BCUT2D eigenvalue weighted by Gasteiger charge is 2.14. The lowest BCUT2D eigenvalue weighted by molar-refractivity contribution is 0.103. The molecule has 1 aromatic carbocycles. The van der Waals surface area contributed by atoms with E-state index < -0.39 is 0 Å². The van der Waals surface area contributed by atoms with E-state index in [1.807, 2.05) is 39.0 Å². The highest BCUT2D eigenvalue weighted by atomic mass is 32.1. The SMILES string of the molecule is CCc1cccc(Nc2ncc(C(=O)Nc3c(C)cc(C)cc3C)s2)n1. The van der Waals surface area contributed by atoms with Gasteiger partial charge in [0, 0.05) is 11.4 Å². The van der Waals surface area contributed by atoms with Gasteiger partial charge in [-0.15, -0.1) is 0 Å². The van der Waals surface area contributed by atoms with Crippen molar-refractivity contribution in [3.05, 3.63) is 63.8 Å². The van der Waals surface area contributed by atoms with Crippen LogP contribution in [-0.2, 0) is 6.42 Å². The number of carbonyl (C=O) groups excluding carboxylic acids is 1. The second kappa shape index (κ2) is 7.66. The summed E-state index contributed by atoms with van der Waals surface area (Å²) in [6, 6.07) is 9.96. The molecule has 2 N–H and O–H groups in total. The van der Waals surface area contributed by atoms with Crippen LogP contribution in [0.5, 0.6) is 0 Å². The Kier molecular flexibility index (Phi) is 5.32. The molecule has 26 heavy (non-hydrogen) atoms. The van der Waals surface area contributed by atoms with Crippen molar-refractivity contribution in [3.63, 3.8) is 0 Å². The molecule has 3 rings (SSSR count). The number of rotatable bonds is 5. The van der Waals surface area contributed by atoms with Gasteiger partial charge in [-0.25, -0.2) is 9.97 Å². The first-order valence-corrected chi connectivity index (χ1v) is 9.36. The van der Waals surface area contributed by atoms with Crippen molar-refractivity contribution in [2.45, 2.75) is 34.1 Å². The molecule has 3 aromatic rings. The van der Waals surface area contributed by atoms with Crippen molar-refractivity contribution in [2.75, 3.05) is 10.6 Å². The van der Waals surface area contributed by atoms with Crippen LogP contribution in [0.15, 0.2) is 36.5 Å². The van der Waals surface area contributed by atoms with E-state index in [0.717, 1.165) is 34.7 Å². The summed E-state index contributed by atoms with van der Waals surface area (Å²) in [6.45, 7) is 8.12. The van der Waals surface area contributed by atoms with Gasteiger partial charge in [0.2, 0.25) is 0 Å². The third-order valence-electron chi connectivity index (χ3n) is 4.05. The molecule has 0 aliphatic heterocycles. The number of carbonyl (C=O) groups is 1. The van der Waals surface area contributed by atoms with Crippen LogP contribution >= 0.6 is 11.3 Å². The van der Waals surface area contributed by atoms with E-state index in [1.54, 1.807) is 6.20 Å². The standard InChI is InChI=1S/C20H22N4OS/c1-5-15-7-6-8-17(22-15)23-20-21-11-16(26-20)19(25)24-18-13(3)9-12(2)10-14(18)4/h6-11H,5H2,1-4H3,(H,24,25)(H,21,22,23). The Bertz CT molecular complexity index is 925. The fourth-order valence-corrected chi connectivity index (χ4v) is 3.56. The van der Waals surface area contributed by atoms with E-state index >= 15 is 0 Å². The minimum Gasteiger partial charge on any atom is -0.321 e. The third-order valence-corrected chi connectivity index (χ3v) is 4.96. The van der Waals surface area contributed by atoms with Gasteiger partial charge in [0.1, 0.15) is 10.7 Å². The minimum absolute atomic E-state index is 0.152. The fourth-order valence-electron chi connectivity index (χ4n) is 2.84. The number of hydrogen-bond donors (Lipinski definition) is 2. The predicted octanol–water partition coefficient (Wildman–Crippen LogP) is 5.02. The minimum atomic E-state index is -0.152. The van der Waals surface area contributed by atoms with Gasteiger partial charge in [0.15, 0.2) is 5.13 Å². The Morgan fingerprint density at radius 3 is 2.58 bits per heavy atom. The number of nitrogens with one attached hydrogen (secondary N) is 2. The Labute approximate surface area is 157 Å². The maximum atomic E-state index is 12.6. The van der Waals surface area contributed by atoms with Crippen molar-refractivity contribution >= 4 is 33.9 Å². The lowest BCUT2D eigenvalue weighted by Crippen LogP contribution is -2.12. The van der Waals surface area contributed by atoms with Crippen LogP contribution in [0.3, 0.4) is 0 Å². The zero-order chi connectivity index (χ0) is 18.7. The molecular formula is C20H22N4OS. The Morgan fingerprint density at radius 2 is 1.88 bits per heavy atom. The van der Waals surface area contributed by atoms with Gasteiger partial charge in [-0.1, -0.05) is 42.0 Å². The molecule has 0 aliphatic rings. The summed E-state index contributed by atoms with van der Waals surface area (Å²) in [5.41, 5.74) is 5.17. The molecule has 0 aliphatic carbocycles. The maximum absolute atomic E-state index is 12.6. The molecule has 5 nitrogen and oxygen atoms in total. The lowest BCUT2D eigenvalue weighted by atomic mass is 10.1. The molecule has 0 bridgehead atoms. The largest absolute Gasteiger partial charge is 0.321 e. The smallest absolute Gasteiger partial charge is 0.267 e. The van der Waals surface area contributed by atoms with Gasteiger partial charge >= 0.3 is 0 Å². The van der Waals surface area contributed by atoms with Crippen LogP contribution in [0.2, 0.25) is 0 Å². The molecule has 1 amide bonds. The van der Waals surface area contributed by atoms with Crippen molar-refractivity contribution in [2.24, 2.45) is 0 Å². The molecule has 134 valence electrons. The van der Waals surface area contributed by atoms with Gasteiger partial charge in [0.25, 0.3) is 5.91 Å². The molecule has 2 heterocycles. The number of aryl methyl sites for hydroxylation is 4. The highest BCUT2D eigenvalue weighted by molar-refractivity contribution is 7.17. The average molecular weight is 366 g/mol. The molecular weight excluding hydrogens is 344 g/mol. The van der Waals surface area contributed by atoms with Gasteiger partial charge in [-0.2, -0.15) is 0 Å². The predicted molar refractivity (Wildman–Crippen MR) is 108 cm³/mol.